The van der Waals surface area contributed by atoms with E-state index < -0.39 is 0 Å². The van der Waals surface area contributed by atoms with Crippen LogP contribution in [0.2, 0.25) is 0 Å². The maximum Gasteiger partial charge on any atom is 0.0848 e. The van der Waals surface area contributed by atoms with E-state index in [1.54, 1.807) is 0 Å². The van der Waals surface area contributed by atoms with Crippen molar-refractivity contribution in [2.24, 2.45) is 11.3 Å². The highest BCUT2D eigenvalue weighted by atomic mass is 16.5. The van der Waals surface area contributed by atoms with Crippen LogP contribution in [-0.4, -0.2) is 18.2 Å². The summed E-state index contributed by atoms with van der Waals surface area (Å²) >= 11 is 0. The quantitative estimate of drug-likeness (QED) is 0.441. The molecule has 0 aliphatic heterocycles. The number of hydrazine groups is 1. The van der Waals surface area contributed by atoms with Gasteiger partial charge in [0.05, 0.1) is 11.6 Å². The molecule has 0 aromatic heterocycles. The van der Waals surface area contributed by atoms with Crippen LogP contribution in [0.4, 0.5) is 0 Å². The Hall–Kier alpha value is -0.560. The normalized spacial score (nSPS) is 22.4. The lowest BCUT2D eigenvalue weighted by Gasteiger charge is -2.47. The van der Waals surface area contributed by atoms with Crippen LogP contribution < -0.4 is 11.3 Å². The third kappa shape index (κ3) is 4.49. The van der Waals surface area contributed by atoms with E-state index in [0.717, 1.165) is 32.3 Å². The molecule has 3 nitrogen and oxygen atoms in total. The van der Waals surface area contributed by atoms with Crippen molar-refractivity contribution in [2.75, 3.05) is 6.61 Å². The van der Waals surface area contributed by atoms with Crippen molar-refractivity contribution in [3.63, 3.8) is 0 Å². The maximum absolute atomic E-state index is 6.16. The van der Waals surface area contributed by atoms with Gasteiger partial charge in [-0.25, -0.2) is 0 Å². The second-order valence-electron chi connectivity index (χ2n) is 6.35. The standard InChI is InChI=1S/C16H30N2O/c1-5-7-8-9-14(18-17)16(19-6-2)12-10-15(3,4)11-13-16/h14,18H,6,8-13,17H2,1-4H3. The van der Waals surface area contributed by atoms with Gasteiger partial charge in [0.2, 0.25) is 0 Å². The summed E-state index contributed by atoms with van der Waals surface area (Å²) in [6.07, 6.45) is 6.40. The molecule has 3 N–H and O–H groups in total. The molecular weight excluding hydrogens is 236 g/mol. The molecule has 0 aromatic carbocycles. The zero-order chi connectivity index (χ0) is 14.4. The summed E-state index contributed by atoms with van der Waals surface area (Å²) < 4.78 is 6.16. The maximum atomic E-state index is 6.16. The molecule has 1 fully saturated rings. The minimum atomic E-state index is -0.103. The smallest absolute Gasteiger partial charge is 0.0848 e. The van der Waals surface area contributed by atoms with E-state index >= 15 is 0 Å². The summed E-state index contributed by atoms with van der Waals surface area (Å²) in [7, 11) is 0. The molecule has 1 saturated carbocycles. The second kappa shape index (κ2) is 7.28. The van der Waals surface area contributed by atoms with Crippen LogP contribution in [0.1, 0.15) is 66.2 Å². The van der Waals surface area contributed by atoms with E-state index in [0.29, 0.717) is 5.41 Å². The van der Waals surface area contributed by atoms with Crippen LogP contribution in [0, 0.1) is 17.3 Å². The zero-order valence-corrected chi connectivity index (χ0v) is 13.0. The fraction of sp³-hybridized carbons (Fsp3) is 0.875. The summed E-state index contributed by atoms with van der Waals surface area (Å²) in [6, 6.07) is 0.199. The van der Waals surface area contributed by atoms with E-state index in [1.165, 1.54) is 12.8 Å². The van der Waals surface area contributed by atoms with Crippen LogP contribution in [-0.2, 0) is 4.74 Å². The summed E-state index contributed by atoms with van der Waals surface area (Å²) in [5, 5.41) is 0. The average Bonchev–Trinajstić information content (AvgIpc) is 2.38. The molecule has 1 aliphatic rings. The molecule has 0 radical (unpaired) electrons. The summed E-state index contributed by atoms with van der Waals surface area (Å²) in [4.78, 5) is 0. The Labute approximate surface area is 118 Å². The fourth-order valence-electron chi connectivity index (χ4n) is 3.07. The third-order valence-electron chi connectivity index (χ3n) is 4.45. The lowest BCUT2D eigenvalue weighted by molar-refractivity contribution is -0.107. The largest absolute Gasteiger partial charge is 0.374 e. The van der Waals surface area contributed by atoms with E-state index in [1.807, 2.05) is 6.92 Å². The number of hydrogen-bond donors (Lipinski definition) is 2. The molecule has 3 heteroatoms. The minimum absolute atomic E-state index is 0.103. The molecule has 0 heterocycles. The summed E-state index contributed by atoms with van der Waals surface area (Å²) in [5.41, 5.74) is 3.32. The number of rotatable bonds is 6. The van der Waals surface area contributed by atoms with Crippen molar-refractivity contribution in [2.45, 2.75) is 77.9 Å². The Bertz CT molecular complexity index is 317. The molecule has 19 heavy (non-hydrogen) atoms. The van der Waals surface area contributed by atoms with Gasteiger partial charge in [0.25, 0.3) is 0 Å². The highest BCUT2D eigenvalue weighted by Gasteiger charge is 2.44. The van der Waals surface area contributed by atoms with Crippen molar-refractivity contribution >= 4 is 0 Å². The Morgan fingerprint density at radius 2 is 1.89 bits per heavy atom. The molecule has 1 atom stereocenters. The van der Waals surface area contributed by atoms with Gasteiger partial charge in [-0.15, -0.1) is 11.8 Å². The molecule has 0 amide bonds. The molecule has 0 spiro atoms. The van der Waals surface area contributed by atoms with Crippen molar-refractivity contribution in [1.29, 1.82) is 0 Å². The zero-order valence-electron chi connectivity index (χ0n) is 13.0. The van der Waals surface area contributed by atoms with Gasteiger partial charge in [-0.1, -0.05) is 13.8 Å². The molecule has 1 aliphatic carbocycles. The van der Waals surface area contributed by atoms with Gasteiger partial charge in [-0.05, 0) is 51.4 Å². The Morgan fingerprint density at radius 1 is 1.26 bits per heavy atom. The first-order valence-electron chi connectivity index (χ1n) is 7.49. The van der Waals surface area contributed by atoms with Gasteiger partial charge in [-0.2, -0.15) is 0 Å². The van der Waals surface area contributed by atoms with E-state index in [2.05, 4.69) is 38.0 Å². The number of hydrogen-bond acceptors (Lipinski definition) is 3. The molecule has 110 valence electrons. The van der Waals surface area contributed by atoms with Crippen LogP contribution in [0.15, 0.2) is 0 Å². The van der Waals surface area contributed by atoms with Crippen LogP contribution in [0.3, 0.4) is 0 Å². The van der Waals surface area contributed by atoms with Gasteiger partial charge in [-0.3, -0.25) is 11.3 Å². The highest BCUT2D eigenvalue weighted by Crippen LogP contribution is 2.44. The molecule has 1 rings (SSSR count). The van der Waals surface area contributed by atoms with Crippen LogP contribution >= 0.6 is 0 Å². The summed E-state index contributed by atoms with van der Waals surface area (Å²) in [5.74, 6) is 11.9. The van der Waals surface area contributed by atoms with Crippen molar-refractivity contribution < 1.29 is 4.74 Å². The van der Waals surface area contributed by atoms with Crippen LogP contribution in [0.5, 0.6) is 0 Å². The average molecular weight is 266 g/mol. The lowest BCUT2D eigenvalue weighted by atomic mass is 9.68. The Balaban J connectivity index is 2.75. The van der Waals surface area contributed by atoms with Gasteiger partial charge >= 0.3 is 0 Å². The third-order valence-corrected chi connectivity index (χ3v) is 4.45. The first-order valence-corrected chi connectivity index (χ1v) is 7.49. The number of nitrogens with two attached hydrogens (primary N) is 1. The summed E-state index contributed by atoms with van der Waals surface area (Å²) in [6.45, 7) is 9.39. The lowest BCUT2D eigenvalue weighted by Crippen LogP contribution is -2.57. The first kappa shape index (κ1) is 16.5. The Kier molecular flexibility index (Phi) is 6.32. The topological polar surface area (TPSA) is 47.3 Å². The second-order valence-corrected chi connectivity index (χ2v) is 6.35. The number of nitrogens with one attached hydrogen (secondary N) is 1. The molecule has 0 aromatic rings. The van der Waals surface area contributed by atoms with Crippen LogP contribution in [0.25, 0.3) is 0 Å². The van der Waals surface area contributed by atoms with Gasteiger partial charge < -0.3 is 4.74 Å². The minimum Gasteiger partial charge on any atom is -0.374 e. The molecule has 0 bridgehead atoms. The van der Waals surface area contributed by atoms with Crippen molar-refractivity contribution in [3.8, 4) is 11.8 Å². The SMILES string of the molecule is CC#CCCC(NN)C1(OCC)CCC(C)(C)CC1. The van der Waals surface area contributed by atoms with Crippen molar-refractivity contribution in [1.82, 2.24) is 5.43 Å². The first-order chi connectivity index (χ1) is 8.99. The van der Waals surface area contributed by atoms with Gasteiger partial charge in [0.15, 0.2) is 0 Å². The monoisotopic (exact) mass is 266 g/mol. The molecular formula is C16H30N2O. The molecule has 0 saturated heterocycles. The highest BCUT2D eigenvalue weighted by molar-refractivity contribution is 5.01. The number of ether oxygens (including phenoxy) is 1. The molecule has 1 unspecified atom stereocenters. The van der Waals surface area contributed by atoms with E-state index in [9.17, 15) is 0 Å². The van der Waals surface area contributed by atoms with E-state index in [-0.39, 0.29) is 11.6 Å². The van der Waals surface area contributed by atoms with Crippen molar-refractivity contribution in [3.05, 3.63) is 0 Å². The van der Waals surface area contributed by atoms with Gasteiger partial charge in [0.1, 0.15) is 0 Å². The van der Waals surface area contributed by atoms with Gasteiger partial charge in [0, 0.05) is 13.0 Å². The Morgan fingerprint density at radius 3 is 2.37 bits per heavy atom. The fourth-order valence-corrected chi connectivity index (χ4v) is 3.07. The predicted molar refractivity (Wildman–Crippen MR) is 80.4 cm³/mol. The predicted octanol–water partition coefficient (Wildman–Crippen LogP) is 3.00. The van der Waals surface area contributed by atoms with E-state index in [4.69, 9.17) is 10.6 Å².